The van der Waals surface area contributed by atoms with Crippen LogP contribution in [0.2, 0.25) is 0 Å². The zero-order valence-corrected chi connectivity index (χ0v) is 10.2. The molecule has 0 spiro atoms. The highest BCUT2D eigenvalue weighted by Gasteiger charge is 2.11. The van der Waals surface area contributed by atoms with Gasteiger partial charge in [0.05, 0.1) is 13.2 Å². The molecule has 0 saturated heterocycles. The van der Waals surface area contributed by atoms with E-state index < -0.39 is 5.97 Å². The van der Waals surface area contributed by atoms with Crippen molar-refractivity contribution in [1.82, 2.24) is 9.97 Å². The fourth-order valence-corrected chi connectivity index (χ4v) is 1.25. The second-order valence-electron chi connectivity index (χ2n) is 3.77. The Morgan fingerprint density at radius 2 is 2.29 bits per heavy atom. The third kappa shape index (κ3) is 4.36. The normalized spacial score (nSPS) is 12.0. The van der Waals surface area contributed by atoms with Gasteiger partial charge in [0, 0.05) is 18.3 Å². The van der Waals surface area contributed by atoms with Gasteiger partial charge in [-0.3, -0.25) is 0 Å². The second-order valence-corrected chi connectivity index (χ2v) is 3.77. The van der Waals surface area contributed by atoms with Crippen LogP contribution in [0, 0.1) is 6.92 Å². The van der Waals surface area contributed by atoms with Gasteiger partial charge in [-0.05, 0) is 20.3 Å². The van der Waals surface area contributed by atoms with Gasteiger partial charge in [0.1, 0.15) is 5.82 Å². The standard InChI is InChI=1S/C11H17N3O3/c1-7-6-9(12-5-4-8(2)15)14-10(13-7)11(16)17-3/h6,8,15H,4-5H2,1-3H3,(H,12,13,14). The summed E-state index contributed by atoms with van der Waals surface area (Å²) in [5, 5.41) is 12.1. The number of rotatable bonds is 5. The molecule has 1 rings (SSSR count). The fraction of sp³-hybridized carbons (Fsp3) is 0.545. The minimum atomic E-state index is -0.563. The first-order chi connectivity index (χ1) is 8.02. The molecule has 0 fully saturated rings. The molecule has 0 saturated carbocycles. The molecular weight excluding hydrogens is 222 g/mol. The van der Waals surface area contributed by atoms with E-state index in [4.69, 9.17) is 5.11 Å². The summed E-state index contributed by atoms with van der Waals surface area (Å²) in [5.41, 5.74) is 0.681. The predicted octanol–water partition coefficient (Wildman–Crippen LogP) is 0.754. The van der Waals surface area contributed by atoms with E-state index in [2.05, 4.69) is 20.0 Å². The van der Waals surface area contributed by atoms with Crippen LogP contribution in [0.15, 0.2) is 6.07 Å². The molecule has 6 nitrogen and oxygen atoms in total. The van der Waals surface area contributed by atoms with Gasteiger partial charge in [0.25, 0.3) is 0 Å². The number of aliphatic hydroxyl groups excluding tert-OH is 1. The molecule has 94 valence electrons. The zero-order chi connectivity index (χ0) is 12.8. The van der Waals surface area contributed by atoms with Crippen LogP contribution in [0.5, 0.6) is 0 Å². The Kier molecular flexibility index (Phi) is 4.84. The third-order valence-corrected chi connectivity index (χ3v) is 2.09. The predicted molar refractivity (Wildman–Crippen MR) is 62.9 cm³/mol. The summed E-state index contributed by atoms with van der Waals surface area (Å²) in [4.78, 5) is 19.3. The molecule has 0 bridgehead atoms. The Hall–Kier alpha value is -1.69. The Morgan fingerprint density at radius 1 is 1.59 bits per heavy atom. The van der Waals surface area contributed by atoms with E-state index >= 15 is 0 Å². The van der Waals surface area contributed by atoms with Crippen LogP contribution < -0.4 is 5.32 Å². The van der Waals surface area contributed by atoms with Gasteiger partial charge in [0.15, 0.2) is 0 Å². The van der Waals surface area contributed by atoms with Crippen molar-refractivity contribution in [3.05, 3.63) is 17.6 Å². The molecule has 17 heavy (non-hydrogen) atoms. The van der Waals surface area contributed by atoms with Gasteiger partial charge in [0.2, 0.25) is 5.82 Å². The minimum Gasteiger partial charge on any atom is -0.463 e. The first kappa shape index (κ1) is 13.4. The number of aryl methyl sites for hydroxylation is 1. The highest BCUT2D eigenvalue weighted by molar-refractivity contribution is 5.85. The number of aliphatic hydroxyl groups is 1. The van der Waals surface area contributed by atoms with Crippen molar-refractivity contribution >= 4 is 11.8 Å². The van der Waals surface area contributed by atoms with Crippen molar-refractivity contribution in [3.63, 3.8) is 0 Å². The molecule has 1 unspecified atom stereocenters. The molecule has 0 aliphatic carbocycles. The molecular formula is C11H17N3O3. The summed E-state index contributed by atoms with van der Waals surface area (Å²) in [6.45, 7) is 4.06. The molecule has 0 amide bonds. The topological polar surface area (TPSA) is 84.3 Å². The number of nitrogens with zero attached hydrogens (tertiary/aromatic N) is 2. The number of carbonyl (C=O) groups is 1. The maximum atomic E-state index is 11.3. The maximum absolute atomic E-state index is 11.3. The van der Waals surface area contributed by atoms with E-state index in [0.717, 1.165) is 0 Å². The van der Waals surface area contributed by atoms with Crippen LogP contribution in [-0.2, 0) is 4.74 Å². The van der Waals surface area contributed by atoms with Gasteiger partial charge in [-0.25, -0.2) is 14.8 Å². The lowest BCUT2D eigenvalue weighted by molar-refractivity contribution is 0.0586. The minimum absolute atomic E-state index is 0.0343. The van der Waals surface area contributed by atoms with Crippen LogP contribution in [0.1, 0.15) is 29.7 Å². The van der Waals surface area contributed by atoms with Gasteiger partial charge in [-0.2, -0.15) is 0 Å². The van der Waals surface area contributed by atoms with Crippen molar-refractivity contribution in [3.8, 4) is 0 Å². The van der Waals surface area contributed by atoms with Crippen LogP contribution in [0.3, 0.4) is 0 Å². The Labute approximate surface area is 100 Å². The highest BCUT2D eigenvalue weighted by atomic mass is 16.5. The second kappa shape index (κ2) is 6.15. The maximum Gasteiger partial charge on any atom is 0.376 e. The number of anilines is 1. The molecule has 1 heterocycles. The SMILES string of the molecule is COC(=O)c1nc(C)cc(NCCC(C)O)n1. The van der Waals surface area contributed by atoms with Gasteiger partial charge in [-0.1, -0.05) is 0 Å². The van der Waals surface area contributed by atoms with Gasteiger partial charge < -0.3 is 15.2 Å². The molecule has 2 N–H and O–H groups in total. The summed E-state index contributed by atoms with van der Waals surface area (Å²) >= 11 is 0. The van der Waals surface area contributed by atoms with Crippen molar-refractivity contribution in [2.24, 2.45) is 0 Å². The first-order valence-corrected chi connectivity index (χ1v) is 5.39. The Bertz CT molecular complexity index is 394. The van der Waals surface area contributed by atoms with Gasteiger partial charge in [-0.15, -0.1) is 0 Å². The van der Waals surface area contributed by atoms with E-state index in [1.165, 1.54) is 7.11 Å². The van der Waals surface area contributed by atoms with Crippen molar-refractivity contribution in [1.29, 1.82) is 0 Å². The number of hydrogen-bond acceptors (Lipinski definition) is 6. The van der Waals surface area contributed by atoms with E-state index in [-0.39, 0.29) is 11.9 Å². The lowest BCUT2D eigenvalue weighted by Crippen LogP contribution is -2.14. The molecule has 0 aromatic carbocycles. The van der Waals surface area contributed by atoms with E-state index in [0.29, 0.717) is 24.5 Å². The fourth-order valence-electron chi connectivity index (χ4n) is 1.25. The molecule has 1 atom stereocenters. The summed E-state index contributed by atoms with van der Waals surface area (Å²) < 4.78 is 4.56. The molecule has 0 radical (unpaired) electrons. The molecule has 6 heteroatoms. The quantitative estimate of drug-likeness (QED) is 0.738. The third-order valence-electron chi connectivity index (χ3n) is 2.09. The molecule has 0 aliphatic rings. The highest BCUT2D eigenvalue weighted by Crippen LogP contribution is 2.07. The smallest absolute Gasteiger partial charge is 0.376 e. The molecule has 1 aromatic rings. The van der Waals surface area contributed by atoms with Crippen molar-refractivity contribution in [2.45, 2.75) is 26.4 Å². The Morgan fingerprint density at radius 3 is 2.88 bits per heavy atom. The Balaban J connectivity index is 2.72. The summed E-state index contributed by atoms with van der Waals surface area (Å²) in [6.07, 6.45) is 0.238. The monoisotopic (exact) mass is 239 g/mol. The van der Waals surface area contributed by atoms with Crippen molar-refractivity contribution < 1.29 is 14.6 Å². The lowest BCUT2D eigenvalue weighted by Gasteiger charge is -2.08. The zero-order valence-electron chi connectivity index (χ0n) is 10.2. The first-order valence-electron chi connectivity index (χ1n) is 5.39. The molecule has 1 aromatic heterocycles. The summed E-state index contributed by atoms with van der Waals surface area (Å²) in [7, 11) is 1.29. The number of ether oxygens (including phenoxy) is 1. The number of methoxy groups -OCH3 is 1. The number of carbonyl (C=O) groups excluding carboxylic acids is 1. The largest absolute Gasteiger partial charge is 0.463 e. The van der Waals surface area contributed by atoms with Crippen LogP contribution in [-0.4, -0.2) is 40.8 Å². The average Bonchev–Trinajstić information content (AvgIpc) is 2.26. The summed E-state index contributed by atoms with van der Waals surface area (Å²) in [5.74, 6) is 0.0258. The lowest BCUT2D eigenvalue weighted by atomic mass is 10.3. The number of hydrogen-bond donors (Lipinski definition) is 2. The van der Waals surface area contributed by atoms with Crippen molar-refractivity contribution in [2.75, 3.05) is 19.0 Å². The van der Waals surface area contributed by atoms with Crippen LogP contribution >= 0.6 is 0 Å². The van der Waals surface area contributed by atoms with E-state index in [1.807, 2.05) is 0 Å². The van der Waals surface area contributed by atoms with Crippen LogP contribution in [0.25, 0.3) is 0 Å². The summed E-state index contributed by atoms with van der Waals surface area (Å²) in [6, 6.07) is 1.73. The van der Waals surface area contributed by atoms with E-state index in [1.54, 1.807) is 19.9 Å². The number of aromatic nitrogens is 2. The molecule has 0 aliphatic heterocycles. The number of nitrogens with one attached hydrogen (secondary N) is 1. The van der Waals surface area contributed by atoms with Crippen LogP contribution in [0.4, 0.5) is 5.82 Å². The number of esters is 1. The van der Waals surface area contributed by atoms with Gasteiger partial charge >= 0.3 is 5.97 Å². The van der Waals surface area contributed by atoms with E-state index in [9.17, 15) is 4.79 Å². The average molecular weight is 239 g/mol.